The van der Waals surface area contributed by atoms with Crippen LogP contribution >= 0.6 is 34.8 Å². The molecule has 26 nitrogen and oxygen atoms in total. The first-order valence-corrected chi connectivity index (χ1v) is 36.2. The molecule has 2 N–H and O–H groups in total. The Balaban J connectivity index is 1.20. The van der Waals surface area contributed by atoms with Crippen molar-refractivity contribution in [3.63, 3.8) is 0 Å². The lowest BCUT2D eigenvalue weighted by atomic mass is 9.74. The van der Waals surface area contributed by atoms with E-state index in [0.717, 1.165) is 7.11 Å². The zero-order chi connectivity index (χ0) is 77.4. The van der Waals surface area contributed by atoms with E-state index in [-0.39, 0.29) is 40.7 Å². The largest absolute Gasteiger partial charge is 0.465 e. The molecule has 107 heavy (non-hydrogen) atoms. The van der Waals surface area contributed by atoms with E-state index in [1.165, 1.54) is 39.8 Å². The van der Waals surface area contributed by atoms with Crippen LogP contribution < -0.4 is 5.32 Å². The van der Waals surface area contributed by atoms with Crippen molar-refractivity contribution < 1.29 is 114 Å². The number of amides is 1. The smallest absolute Gasteiger partial charge is 0.366 e. The number of methoxy groups -OCH3 is 1. The number of rotatable bonds is 27. The summed E-state index contributed by atoms with van der Waals surface area (Å²) in [5.74, 6) is -16.4. The van der Waals surface area contributed by atoms with Crippen LogP contribution in [0.5, 0.6) is 0 Å². The minimum atomic E-state index is -2.51. The Kier molecular flexibility index (Phi) is 28.9. The number of halogens is 3. The van der Waals surface area contributed by atoms with Gasteiger partial charge in [-0.15, -0.1) is 0 Å². The SMILES string of the molecule is COC(=O)[C@@]1(OC2C(O[C@@H]3OC(COC(=O)c4ccccc4)[C@H](C)[C@H](C[C@@H]4OC(COC(=O)c5ccccc5)[C@H](OC(=O)c5ccccc5)[C@H](C)C4OC(=O)c4ccccc4)C3NC(C)=O)C(COC(=O)c3ccccc3)O[C@@H](OC(=N)C(Cl)(Cl)Cl)C2C)CC(C)[C@H](C)[C@H]([C@H](C)[C@@H](COC(C)=O)OC(C)=O)O1. The van der Waals surface area contributed by atoms with Gasteiger partial charge in [0.1, 0.15) is 63.1 Å². The number of benzene rings is 5. The van der Waals surface area contributed by atoms with Gasteiger partial charge in [0.2, 0.25) is 18.1 Å². The number of alkyl halides is 3. The van der Waals surface area contributed by atoms with Crippen molar-refractivity contribution >= 4 is 94.4 Å². The molecule has 5 aromatic rings. The summed E-state index contributed by atoms with van der Waals surface area (Å²) in [4.78, 5) is 125. The number of carbonyl (C=O) groups is 9. The summed E-state index contributed by atoms with van der Waals surface area (Å²) >= 11 is 18.9. The van der Waals surface area contributed by atoms with Gasteiger partial charge in [-0.2, -0.15) is 0 Å². The van der Waals surface area contributed by atoms with Gasteiger partial charge in [0.25, 0.3) is 9.58 Å². The zero-order valence-corrected chi connectivity index (χ0v) is 62.9. The first-order chi connectivity index (χ1) is 51.0. The van der Waals surface area contributed by atoms with E-state index in [1.807, 2.05) is 13.8 Å². The van der Waals surface area contributed by atoms with Crippen LogP contribution in [0.4, 0.5) is 0 Å². The van der Waals surface area contributed by atoms with Crippen LogP contribution in [0.2, 0.25) is 0 Å². The van der Waals surface area contributed by atoms with Gasteiger partial charge in [0.05, 0.1) is 65.4 Å². The first kappa shape index (κ1) is 82.5. The van der Waals surface area contributed by atoms with Crippen molar-refractivity contribution in [2.45, 2.75) is 164 Å². The van der Waals surface area contributed by atoms with Gasteiger partial charge >= 0.3 is 47.8 Å². The van der Waals surface area contributed by atoms with Crippen molar-refractivity contribution in [3.8, 4) is 0 Å². The highest BCUT2D eigenvalue weighted by atomic mass is 35.6. The van der Waals surface area contributed by atoms with E-state index in [9.17, 15) is 38.4 Å². The minimum absolute atomic E-state index is 0.104. The van der Waals surface area contributed by atoms with E-state index in [0.29, 0.717) is 0 Å². The maximum Gasteiger partial charge on any atom is 0.366 e. The predicted molar refractivity (Wildman–Crippen MR) is 383 cm³/mol. The second-order valence-electron chi connectivity index (χ2n) is 27.2. The Labute approximate surface area is 634 Å². The fraction of sp³-hybridized carbons (Fsp3) is 0.487. The van der Waals surface area contributed by atoms with Gasteiger partial charge in [-0.1, -0.05) is 167 Å². The average molecular weight is 1540 g/mol. The van der Waals surface area contributed by atoms with E-state index in [4.69, 9.17) is 111 Å². The molecule has 0 aliphatic carbocycles. The molecule has 0 saturated carbocycles. The lowest BCUT2D eigenvalue weighted by Crippen LogP contribution is -2.67. The monoisotopic (exact) mass is 1540 g/mol. The summed E-state index contributed by atoms with van der Waals surface area (Å²) in [6, 6.07) is 39.0. The summed E-state index contributed by atoms with van der Waals surface area (Å²) in [6.07, 6.45) is -17.6. The van der Waals surface area contributed by atoms with Gasteiger partial charge in [-0.05, 0) is 90.8 Å². The van der Waals surface area contributed by atoms with E-state index in [2.05, 4.69) is 5.32 Å². The Bertz CT molecular complexity index is 3860. The molecule has 4 heterocycles. The van der Waals surface area contributed by atoms with Gasteiger partial charge in [0.15, 0.2) is 6.29 Å². The van der Waals surface area contributed by atoms with Gasteiger partial charge in [0, 0.05) is 44.9 Å². The van der Waals surface area contributed by atoms with Crippen molar-refractivity contribution in [2.75, 3.05) is 33.5 Å². The van der Waals surface area contributed by atoms with Crippen LogP contribution in [0.15, 0.2) is 152 Å². The molecule has 0 spiro atoms. The predicted octanol–water partition coefficient (Wildman–Crippen LogP) is 10.8. The molecule has 9 unspecified atom stereocenters. The summed E-state index contributed by atoms with van der Waals surface area (Å²) in [6.45, 7) is 11.8. The first-order valence-electron chi connectivity index (χ1n) is 35.1. The topological polar surface area (TPSA) is 328 Å². The third-order valence-electron chi connectivity index (χ3n) is 19.7. The maximum atomic E-state index is 15.1. The Morgan fingerprint density at radius 1 is 0.523 bits per heavy atom. The molecule has 0 aromatic heterocycles. The Morgan fingerprint density at radius 2 is 0.963 bits per heavy atom. The van der Waals surface area contributed by atoms with E-state index >= 15 is 4.79 Å². The molecule has 4 fully saturated rings. The lowest BCUT2D eigenvalue weighted by molar-refractivity contribution is -0.374. The van der Waals surface area contributed by atoms with E-state index < -0.39 is 217 Å². The number of hydrogen-bond acceptors (Lipinski definition) is 25. The molecule has 1 amide bonds. The molecule has 4 aliphatic rings. The number of nitrogens with one attached hydrogen (secondary N) is 2. The second-order valence-corrected chi connectivity index (χ2v) is 29.5. The molecular weight excluding hydrogens is 1460 g/mol. The molecule has 29 heteroatoms. The fourth-order valence-corrected chi connectivity index (χ4v) is 14.0. The standard InChI is InChI=1S/C78H89Cl3N2O24/c1-42-37-77(76(92)93-10,106-63(43(42)2)45(4)59(98-50(9)86)38-94-49(8)85)107-66-47(6)73(105-75(82)78(79,80)81)101-61(41-97-70(89)53-30-20-13-21-31-53)67(66)104-74-62(83-48(7)84)56(44(3)58(100-74)39-95-68(87)51-26-16-11-17-27-51)36-57-64(102-71(90)54-32-22-14-23-33-54)46(5)65(103-72(91)55-34-24-15-25-35-55)60(99-57)40-96-69(88)52-28-18-12-19-29-52/h11-35,42-47,56-67,73-74,82H,36-41H2,1-10H3,(H,83,84)/t42?,43-,44+,45+,46+,47?,56-,57-,58?,59+,60?,61?,62?,63+,64?,65+,66?,67?,73-,74-,77-/m0/s1. The van der Waals surface area contributed by atoms with Crippen molar-refractivity contribution in [1.29, 1.82) is 5.41 Å². The lowest BCUT2D eigenvalue weighted by Gasteiger charge is -2.53. The number of hydrogen-bond donors (Lipinski definition) is 2. The summed E-state index contributed by atoms with van der Waals surface area (Å²) in [7, 11) is 1.10. The van der Waals surface area contributed by atoms with Crippen LogP contribution in [-0.4, -0.2) is 182 Å². The van der Waals surface area contributed by atoms with Crippen LogP contribution in [0.1, 0.15) is 127 Å². The summed E-state index contributed by atoms with van der Waals surface area (Å²) in [5, 5.41) is 11.9. The van der Waals surface area contributed by atoms with Crippen molar-refractivity contribution in [1.82, 2.24) is 5.32 Å². The number of carbonyl (C=O) groups excluding carboxylic acids is 9. The number of ether oxygens (including phenoxy) is 15. The fourth-order valence-electron chi connectivity index (χ4n) is 13.9. The highest BCUT2D eigenvalue weighted by Gasteiger charge is 2.61. The van der Waals surface area contributed by atoms with Crippen LogP contribution in [0, 0.1) is 46.8 Å². The molecule has 0 bridgehead atoms. The third-order valence-corrected chi connectivity index (χ3v) is 20.3. The van der Waals surface area contributed by atoms with Gasteiger partial charge < -0.3 is 76.4 Å². The molecule has 9 rings (SSSR count). The average Bonchev–Trinajstić information content (AvgIpc) is 0.750. The van der Waals surface area contributed by atoms with Crippen molar-refractivity contribution in [3.05, 3.63) is 179 Å². The quantitative estimate of drug-likeness (QED) is 0.0162. The van der Waals surface area contributed by atoms with Crippen LogP contribution in [-0.2, 0) is 90.2 Å². The van der Waals surface area contributed by atoms with Crippen LogP contribution in [0.3, 0.4) is 0 Å². The molecule has 4 saturated heterocycles. The third kappa shape index (κ3) is 21.2. The molecule has 21 atom stereocenters. The molecule has 4 aliphatic heterocycles. The summed E-state index contributed by atoms with van der Waals surface area (Å²) < 4.78 is 93.7. The molecule has 5 aromatic carbocycles. The van der Waals surface area contributed by atoms with Crippen LogP contribution in [0.25, 0.3) is 0 Å². The Hall–Kier alpha value is -8.57. The highest BCUT2D eigenvalue weighted by molar-refractivity contribution is 6.76. The normalized spacial score (nSPS) is 29.0. The minimum Gasteiger partial charge on any atom is -0.465 e. The second kappa shape index (κ2) is 37.5. The number of esters is 8. The zero-order valence-electron chi connectivity index (χ0n) is 60.7. The van der Waals surface area contributed by atoms with E-state index in [1.54, 1.807) is 160 Å². The molecular formula is C78H89Cl3N2O24. The van der Waals surface area contributed by atoms with Gasteiger partial charge in [-0.25, -0.2) is 28.8 Å². The Morgan fingerprint density at radius 3 is 1.40 bits per heavy atom. The highest BCUT2D eigenvalue weighted by Crippen LogP contribution is 2.48. The maximum absolute atomic E-state index is 15.1. The van der Waals surface area contributed by atoms with Gasteiger partial charge in [-0.3, -0.25) is 19.8 Å². The summed E-state index contributed by atoms with van der Waals surface area (Å²) in [5.41, 5.74) is 0.801. The molecule has 0 radical (unpaired) electrons. The molecule has 576 valence electrons. The van der Waals surface area contributed by atoms with Crippen molar-refractivity contribution in [2.24, 2.45) is 41.4 Å².